The molecule has 44 valence electrons. The highest BCUT2D eigenvalue weighted by Gasteiger charge is 2.04. The van der Waals surface area contributed by atoms with E-state index in [1.54, 1.807) is 0 Å². The molecular formula is C4H9IS2. The first kappa shape index (κ1) is 8.43. The summed E-state index contributed by atoms with van der Waals surface area (Å²) in [6.45, 7) is 2.05. The molecule has 0 bridgehead atoms. The van der Waals surface area contributed by atoms with E-state index in [9.17, 15) is 0 Å². The molecule has 2 atom stereocenters. The van der Waals surface area contributed by atoms with Crippen molar-refractivity contribution in [3.05, 3.63) is 0 Å². The third kappa shape index (κ3) is 3.97. The molecule has 0 aromatic heterocycles. The van der Waals surface area contributed by atoms with Crippen LogP contribution in [-0.4, -0.2) is 14.9 Å². The third-order valence-corrected chi connectivity index (χ3v) is 3.59. The largest absolute Gasteiger partial charge is 0.175 e. The molecule has 0 rings (SSSR count). The Bertz CT molecular complexity index is 47.0. The summed E-state index contributed by atoms with van der Waals surface area (Å²) in [7, 11) is 0. The van der Waals surface area contributed by atoms with E-state index in [0.29, 0.717) is 10.5 Å². The minimum absolute atomic E-state index is 0.417. The molecule has 7 heavy (non-hydrogen) atoms. The second kappa shape index (κ2) is 4.32. The van der Waals surface area contributed by atoms with Crippen molar-refractivity contribution in [1.82, 2.24) is 0 Å². The molecule has 0 radical (unpaired) electrons. The lowest BCUT2D eigenvalue weighted by atomic mass is 10.4. The molecule has 0 spiro atoms. The van der Waals surface area contributed by atoms with Crippen molar-refractivity contribution in [3.8, 4) is 0 Å². The second-order valence-electron chi connectivity index (χ2n) is 1.46. The summed E-state index contributed by atoms with van der Waals surface area (Å²) in [4.78, 5) is 0. The SMILES string of the molecule is CC(S)C(S)CI. The highest BCUT2D eigenvalue weighted by molar-refractivity contribution is 14.1. The van der Waals surface area contributed by atoms with Crippen molar-refractivity contribution in [1.29, 1.82) is 0 Å². The topological polar surface area (TPSA) is 0 Å². The van der Waals surface area contributed by atoms with Crippen molar-refractivity contribution < 1.29 is 0 Å². The normalized spacial score (nSPS) is 18.9. The van der Waals surface area contributed by atoms with Gasteiger partial charge in [0, 0.05) is 14.9 Å². The highest BCUT2D eigenvalue weighted by atomic mass is 127. The van der Waals surface area contributed by atoms with Crippen molar-refractivity contribution in [3.63, 3.8) is 0 Å². The number of thiol groups is 2. The first-order chi connectivity index (χ1) is 3.18. The maximum absolute atomic E-state index is 4.24. The zero-order chi connectivity index (χ0) is 5.86. The van der Waals surface area contributed by atoms with Gasteiger partial charge in [-0.3, -0.25) is 0 Å². The Morgan fingerprint density at radius 3 is 2.00 bits per heavy atom. The van der Waals surface area contributed by atoms with Gasteiger partial charge < -0.3 is 0 Å². The van der Waals surface area contributed by atoms with Crippen LogP contribution in [0.15, 0.2) is 0 Å². The molecule has 0 aromatic rings. The van der Waals surface area contributed by atoms with Gasteiger partial charge in [0.25, 0.3) is 0 Å². The fourth-order valence-corrected chi connectivity index (χ4v) is 1.40. The molecule has 0 amide bonds. The third-order valence-electron chi connectivity index (χ3n) is 0.715. The second-order valence-corrected chi connectivity index (χ2v) is 3.82. The van der Waals surface area contributed by atoms with Gasteiger partial charge in [-0.2, -0.15) is 25.3 Å². The fourth-order valence-electron chi connectivity index (χ4n) is 0.129. The predicted octanol–water partition coefficient (Wildman–Crippen LogP) is 2.04. The van der Waals surface area contributed by atoms with Crippen LogP contribution in [0.1, 0.15) is 6.92 Å². The lowest BCUT2D eigenvalue weighted by Crippen LogP contribution is -2.11. The Morgan fingerprint density at radius 2 is 2.00 bits per heavy atom. The highest BCUT2D eigenvalue weighted by Crippen LogP contribution is 2.09. The lowest BCUT2D eigenvalue weighted by molar-refractivity contribution is 0.964. The number of hydrogen-bond donors (Lipinski definition) is 2. The van der Waals surface area contributed by atoms with Gasteiger partial charge in [0.1, 0.15) is 0 Å². The summed E-state index contributed by atoms with van der Waals surface area (Å²) >= 11 is 10.7. The summed E-state index contributed by atoms with van der Waals surface area (Å²) in [6, 6.07) is 0. The number of halogens is 1. The number of rotatable bonds is 2. The van der Waals surface area contributed by atoms with Crippen LogP contribution in [-0.2, 0) is 0 Å². The first-order valence-corrected chi connectivity index (χ1v) is 4.66. The Balaban J connectivity index is 3.14. The van der Waals surface area contributed by atoms with E-state index in [0.717, 1.165) is 4.43 Å². The predicted molar refractivity (Wildman–Crippen MR) is 50.1 cm³/mol. The summed E-state index contributed by atoms with van der Waals surface area (Å²) in [6.07, 6.45) is 0. The lowest BCUT2D eigenvalue weighted by Gasteiger charge is -2.07. The van der Waals surface area contributed by atoms with E-state index < -0.39 is 0 Å². The molecule has 0 fully saturated rings. The molecule has 0 aliphatic carbocycles. The Kier molecular flexibility index (Phi) is 5.21. The Morgan fingerprint density at radius 1 is 1.57 bits per heavy atom. The van der Waals surface area contributed by atoms with Crippen molar-refractivity contribution in [2.24, 2.45) is 0 Å². The molecule has 0 N–H and O–H groups in total. The molecule has 0 aliphatic rings. The van der Waals surface area contributed by atoms with E-state index in [2.05, 4.69) is 54.8 Å². The van der Waals surface area contributed by atoms with Gasteiger partial charge in [-0.05, 0) is 0 Å². The van der Waals surface area contributed by atoms with Gasteiger partial charge in [-0.25, -0.2) is 0 Å². The van der Waals surface area contributed by atoms with Crippen LogP contribution in [0.25, 0.3) is 0 Å². The molecule has 0 aromatic carbocycles. The van der Waals surface area contributed by atoms with Crippen LogP contribution < -0.4 is 0 Å². The van der Waals surface area contributed by atoms with Gasteiger partial charge in [-0.1, -0.05) is 29.5 Å². The average Bonchev–Trinajstić information content (AvgIpc) is 1.65. The van der Waals surface area contributed by atoms with E-state index >= 15 is 0 Å². The van der Waals surface area contributed by atoms with E-state index in [1.165, 1.54) is 0 Å². The minimum atomic E-state index is 0.417. The van der Waals surface area contributed by atoms with Crippen LogP contribution in [0.3, 0.4) is 0 Å². The summed E-state index contributed by atoms with van der Waals surface area (Å²) < 4.78 is 1.07. The summed E-state index contributed by atoms with van der Waals surface area (Å²) in [5.74, 6) is 0. The van der Waals surface area contributed by atoms with Crippen LogP contribution in [0.4, 0.5) is 0 Å². The van der Waals surface area contributed by atoms with Gasteiger partial charge in [0.05, 0.1) is 0 Å². The van der Waals surface area contributed by atoms with Crippen LogP contribution in [0.5, 0.6) is 0 Å². The number of hydrogen-bond acceptors (Lipinski definition) is 2. The quantitative estimate of drug-likeness (QED) is 0.417. The molecule has 3 heteroatoms. The first-order valence-electron chi connectivity index (χ1n) is 2.10. The van der Waals surface area contributed by atoms with E-state index in [1.807, 2.05) is 0 Å². The standard InChI is InChI=1S/C4H9IS2/c1-3(6)4(7)2-5/h3-4,6-7H,2H2,1H3. The Labute approximate surface area is 69.4 Å². The van der Waals surface area contributed by atoms with Crippen LogP contribution in [0.2, 0.25) is 0 Å². The molecule has 0 saturated heterocycles. The van der Waals surface area contributed by atoms with E-state index in [4.69, 9.17) is 0 Å². The molecule has 0 heterocycles. The molecule has 0 nitrogen and oxygen atoms in total. The van der Waals surface area contributed by atoms with Gasteiger partial charge in [0.2, 0.25) is 0 Å². The van der Waals surface area contributed by atoms with E-state index in [-0.39, 0.29) is 0 Å². The average molecular weight is 248 g/mol. The smallest absolute Gasteiger partial charge is 0.0220 e. The monoisotopic (exact) mass is 248 g/mol. The maximum atomic E-state index is 4.24. The summed E-state index contributed by atoms with van der Waals surface area (Å²) in [5, 5.41) is 0.865. The summed E-state index contributed by atoms with van der Waals surface area (Å²) in [5.41, 5.74) is 0. The zero-order valence-corrected chi connectivity index (χ0v) is 8.08. The molecule has 2 unspecified atom stereocenters. The zero-order valence-electron chi connectivity index (χ0n) is 4.13. The van der Waals surface area contributed by atoms with Crippen molar-refractivity contribution in [2.75, 3.05) is 4.43 Å². The van der Waals surface area contributed by atoms with Crippen molar-refractivity contribution >= 4 is 47.8 Å². The van der Waals surface area contributed by atoms with Crippen LogP contribution >= 0.6 is 47.8 Å². The molecular weight excluding hydrogens is 239 g/mol. The van der Waals surface area contributed by atoms with Gasteiger partial charge >= 0.3 is 0 Å². The minimum Gasteiger partial charge on any atom is -0.175 e. The van der Waals surface area contributed by atoms with Crippen molar-refractivity contribution in [2.45, 2.75) is 17.4 Å². The van der Waals surface area contributed by atoms with Crippen LogP contribution in [0, 0.1) is 0 Å². The van der Waals surface area contributed by atoms with Gasteiger partial charge in [0.15, 0.2) is 0 Å². The number of alkyl halides is 1. The molecule has 0 saturated carbocycles. The maximum Gasteiger partial charge on any atom is 0.0220 e. The molecule has 0 aliphatic heterocycles. The van der Waals surface area contributed by atoms with Gasteiger partial charge in [-0.15, -0.1) is 0 Å². The Hall–Kier alpha value is 1.43. The fraction of sp³-hybridized carbons (Fsp3) is 1.00.